The number of sulfonamides is 1. The second kappa shape index (κ2) is 8.58. The largest absolute Gasteiger partial charge is 0.416 e. The maximum absolute atomic E-state index is 14.9. The van der Waals surface area contributed by atoms with Crippen LogP contribution in [-0.4, -0.2) is 67.9 Å². The molecule has 1 saturated carbocycles. The van der Waals surface area contributed by atoms with Crippen molar-refractivity contribution in [2.24, 2.45) is 4.99 Å². The number of aromatic nitrogens is 2. The smallest absolute Gasteiger partial charge is 0.369 e. The van der Waals surface area contributed by atoms with Crippen molar-refractivity contribution >= 4 is 45.4 Å². The molecule has 1 unspecified atom stereocenters. The van der Waals surface area contributed by atoms with Gasteiger partial charge in [0, 0.05) is 34.6 Å². The van der Waals surface area contributed by atoms with Crippen LogP contribution in [0.15, 0.2) is 17.1 Å². The fourth-order valence-electron chi connectivity index (χ4n) is 3.50. The van der Waals surface area contributed by atoms with Gasteiger partial charge in [-0.1, -0.05) is 23.2 Å². The van der Waals surface area contributed by atoms with Crippen LogP contribution in [0.4, 0.5) is 27.8 Å². The van der Waals surface area contributed by atoms with Crippen LogP contribution in [0.25, 0.3) is 5.69 Å². The van der Waals surface area contributed by atoms with E-state index in [0.29, 0.717) is 21.1 Å². The van der Waals surface area contributed by atoms with Crippen molar-refractivity contribution in [2.75, 3.05) is 28.2 Å². The lowest BCUT2D eigenvalue weighted by Gasteiger charge is -2.22. The van der Waals surface area contributed by atoms with Gasteiger partial charge < -0.3 is 4.90 Å². The standard InChI is InChI=1S/C19H17Cl2F5N6O2S/c1-30(2)9-28-16-14(17(8-18(17,22)23)35(33,34)31(3)4)13(7-27)29-32(16)15-11(20)5-10(6-12(15)21)19(24,25)26/h5-6,9H,8H2,1-4H3. The van der Waals surface area contributed by atoms with Gasteiger partial charge in [-0.2, -0.15) is 23.5 Å². The predicted molar refractivity (Wildman–Crippen MR) is 119 cm³/mol. The molecule has 0 radical (unpaired) electrons. The Hall–Kier alpha value is -2.47. The SMILES string of the molecule is CN(C)C=Nc1c(C2(S(=O)(=O)N(C)C)CC2(F)F)c(C#N)nn1-c1c(Cl)cc(C(F)(F)F)cc1Cl. The van der Waals surface area contributed by atoms with Crippen LogP contribution in [0.3, 0.4) is 0 Å². The van der Waals surface area contributed by atoms with E-state index in [9.17, 15) is 35.6 Å². The summed E-state index contributed by atoms with van der Waals surface area (Å²) in [6.07, 6.45) is -4.86. The average Bonchev–Trinajstić information content (AvgIpc) is 3.13. The normalized spacial score (nSPS) is 19.9. The highest BCUT2D eigenvalue weighted by atomic mass is 35.5. The van der Waals surface area contributed by atoms with E-state index in [1.165, 1.54) is 19.0 Å². The molecule has 1 aliphatic rings. The van der Waals surface area contributed by atoms with E-state index in [1.54, 1.807) is 6.07 Å². The zero-order chi connectivity index (χ0) is 26.7. The van der Waals surface area contributed by atoms with Gasteiger partial charge in [0.1, 0.15) is 11.8 Å². The first-order chi connectivity index (χ1) is 15.9. The molecule has 1 atom stereocenters. The molecule has 1 aromatic carbocycles. The summed E-state index contributed by atoms with van der Waals surface area (Å²) in [5.41, 5.74) is -3.05. The van der Waals surface area contributed by atoms with Crippen molar-refractivity contribution in [1.29, 1.82) is 5.26 Å². The Balaban J connectivity index is 2.46. The van der Waals surface area contributed by atoms with Gasteiger partial charge in [0.2, 0.25) is 10.0 Å². The van der Waals surface area contributed by atoms with E-state index in [1.807, 2.05) is 0 Å². The summed E-state index contributed by atoms with van der Waals surface area (Å²) in [7, 11) is 0.380. The van der Waals surface area contributed by atoms with Gasteiger partial charge in [0.05, 0.1) is 27.5 Å². The number of alkyl halides is 5. The predicted octanol–water partition coefficient (Wildman–Crippen LogP) is 4.42. The first-order valence-corrected chi connectivity index (χ1v) is 11.7. The fraction of sp³-hybridized carbons (Fsp3) is 0.421. The molecule has 0 spiro atoms. The molecule has 8 nitrogen and oxygen atoms in total. The van der Waals surface area contributed by atoms with Gasteiger partial charge in [0.15, 0.2) is 16.3 Å². The van der Waals surface area contributed by atoms with Crippen LogP contribution in [-0.2, 0) is 20.9 Å². The average molecular weight is 559 g/mol. The first-order valence-electron chi connectivity index (χ1n) is 9.53. The molecule has 2 aromatic rings. The Morgan fingerprint density at radius 2 is 1.71 bits per heavy atom. The second-order valence-electron chi connectivity index (χ2n) is 8.06. The van der Waals surface area contributed by atoms with Gasteiger partial charge in [-0.15, -0.1) is 0 Å². The zero-order valence-electron chi connectivity index (χ0n) is 18.5. The topological polar surface area (TPSA) is 94.6 Å². The van der Waals surface area contributed by atoms with Crippen LogP contribution >= 0.6 is 23.2 Å². The quantitative estimate of drug-likeness (QED) is 0.297. The molecular formula is C19H17Cl2F5N6O2S. The molecule has 0 bridgehead atoms. The number of aliphatic imine (C=N–C) groups is 1. The van der Waals surface area contributed by atoms with Crippen LogP contribution in [0.1, 0.15) is 23.2 Å². The Morgan fingerprint density at radius 1 is 1.20 bits per heavy atom. The maximum Gasteiger partial charge on any atom is 0.416 e. The van der Waals surface area contributed by atoms with Gasteiger partial charge in [-0.05, 0) is 12.1 Å². The van der Waals surface area contributed by atoms with E-state index in [4.69, 9.17) is 23.2 Å². The molecule has 0 saturated heterocycles. The van der Waals surface area contributed by atoms with Crippen LogP contribution in [0.5, 0.6) is 0 Å². The third-order valence-corrected chi connectivity index (χ3v) is 8.26. The summed E-state index contributed by atoms with van der Waals surface area (Å²) in [6, 6.07) is 2.65. The Morgan fingerprint density at radius 3 is 2.09 bits per heavy atom. The van der Waals surface area contributed by atoms with E-state index in [-0.39, 0.29) is 0 Å². The zero-order valence-corrected chi connectivity index (χ0v) is 20.8. The lowest BCUT2D eigenvalue weighted by molar-refractivity contribution is -0.137. The molecule has 0 aliphatic heterocycles. The monoisotopic (exact) mass is 558 g/mol. The highest BCUT2D eigenvalue weighted by molar-refractivity contribution is 7.90. The molecule has 3 rings (SSSR count). The number of nitriles is 1. The first kappa shape index (κ1) is 27.1. The van der Waals surface area contributed by atoms with E-state index in [2.05, 4.69) is 10.1 Å². The van der Waals surface area contributed by atoms with Crippen LogP contribution in [0.2, 0.25) is 10.0 Å². The highest BCUT2D eigenvalue weighted by Gasteiger charge is 2.82. The van der Waals surface area contributed by atoms with Crippen molar-refractivity contribution in [2.45, 2.75) is 23.3 Å². The molecule has 1 fully saturated rings. The lowest BCUT2D eigenvalue weighted by atomic mass is 10.1. The molecule has 1 aliphatic carbocycles. The van der Waals surface area contributed by atoms with Crippen molar-refractivity contribution in [1.82, 2.24) is 19.0 Å². The number of hydrogen-bond acceptors (Lipinski definition) is 5. The number of nitrogens with zero attached hydrogens (tertiary/aromatic N) is 6. The fourth-order valence-corrected chi connectivity index (χ4v) is 5.95. The number of benzene rings is 1. The third kappa shape index (κ3) is 4.24. The minimum Gasteiger partial charge on any atom is -0.369 e. The second-order valence-corrected chi connectivity index (χ2v) is 11.3. The molecule has 0 N–H and O–H groups in total. The van der Waals surface area contributed by atoms with Crippen LogP contribution in [0, 0.1) is 11.3 Å². The summed E-state index contributed by atoms with van der Waals surface area (Å²) >= 11 is 12.2. The summed E-state index contributed by atoms with van der Waals surface area (Å²) in [4.78, 5) is 5.42. The summed E-state index contributed by atoms with van der Waals surface area (Å²) < 4.78 is 93.8. The molecule has 1 aromatic heterocycles. The molecule has 35 heavy (non-hydrogen) atoms. The number of hydrogen-bond donors (Lipinski definition) is 0. The Kier molecular flexibility index (Phi) is 6.65. The van der Waals surface area contributed by atoms with Crippen molar-refractivity contribution < 1.29 is 30.4 Å². The Bertz CT molecular complexity index is 1340. The lowest BCUT2D eigenvalue weighted by Crippen LogP contribution is -2.38. The molecular weight excluding hydrogens is 542 g/mol. The number of rotatable bonds is 6. The van der Waals surface area contributed by atoms with E-state index in [0.717, 1.165) is 20.4 Å². The molecule has 1 heterocycles. The minimum atomic E-state index is -4.80. The maximum atomic E-state index is 14.9. The van der Waals surface area contributed by atoms with Gasteiger partial charge >= 0.3 is 6.18 Å². The van der Waals surface area contributed by atoms with E-state index >= 15 is 0 Å². The molecule has 190 valence electrons. The number of halogens is 7. The van der Waals surface area contributed by atoms with Gasteiger partial charge in [0.25, 0.3) is 5.92 Å². The van der Waals surface area contributed by atoms with Crippen molar-refractivity contribution in [3.63, 3.8) is 0 Å². The molecule has 16 heteroatoms. The summed E-state index contributed by atoms with van der Waals surface area (Å²) in [6.45, 7) is 0. The Labute approximate surface area is 207 Å². The van der Waals surface area contributed by atoms with Gasteiger partial charge in [-0.3, -0.25) is 0 Å². The van der Waals surface area contributed by atoms with Crippen molar-refractivity contribution in [3.8, 4) is 11.8 Å². The molecule has 0 amide bonds. The van der Waals surface area contributed by atoms with Crippen LogP contribution < -0.4 is 0 Å². The van der Waals surface area contributed by atoms with E-state index < -0.39 is 71.7 Å². The van der Waals surface area contributed by atoms with Gasteiger partial charge in [-0.25, -0.2) is 31.2 Å². The summed E-state index contributed by atoms with van der Waals surface area (Å²) in [5.74, 6) is -4.35. The summed E-state index contributed by atoms with van der Waals surface area (Å²) in [5, 5.41) is 12.4. The minimum absolute atomic E-state index is 0.406. The third-order valence-electron chi connectivity index (χ3n) is 5.20. The highest BCUT2D eigenvalue weighted by Crippen LogP contribution is 2.67. The van der Waals surface area contributed by atoms with Crippen molar-refractivity contribution in [3.05, 3.63) is 39.0 Å².